The largest absolute Gasteiger partial charge is 0.494 e. The summed E-state index contributed by atoms with van der Waals surface area (Å²) < 4.78 is 10.2. The molecule has 1 aliphatic rings. The molecule has 25 heavy (non-hydrogen) atoms. The number of carbonyl (C=O) groups is 2. The molecule has 0 bridgehead atoms. The molecule has 1 saturated carbocycles. The van der Waals surface area contributed by atoms with Gasteiger partial charge in [0, 0.05) is 6.08 Å². The van der Waals surface area contributed by atoms with Crippen molar-refractivity contribution in [2.45, 2.75) is 32.2 Å². The average molecular weight is 342 g/mol. The van der Waals surface area contributed by atoms with Crippen LogP contribution in [0.5, 0.6) is 5.75 Å². The summed E-state index contributed by atoms with van der Waals surface area (Å²) in [6.07, 6.45) is 4.71. The molecular weight excluding hydrogens is 320 g/mol. The quantitative estimate of drug-likeness (QED) is 0.579. The van der Waals surface area contributed by atoms with Crippen molar-refractivity contribution in [2.75, 3.05) is 13.2 Å². The number of hydrogen-bond donors (Lipinski definition) is 1. The molecule has 1 aliphatic carbocycles. The normalized spacial score (nSPS) is 15.9. The van der Waals surface area contributed by atoms with Gasteiger partial charge in [-0.25, -0.2) is 4.79 Å². The van der Waals surface area contributed by atoms with Gasteiger partial charge in [-0.3, -0.25) is 4.79 Å². The molecule has 0 heterocycles. The molecule has 0 spiro atoms. The number of nitriles is 1. The van der Waals surface area contributed by atoms with E-state index >= 15 is 0 Å². The van der Waals surface area contributed by atoms with Crippen molar-refractivity contribution in [1.82, 2.24) is 5.32 Å². The topological polar surface area (TPSA) is 88.4 Å². The third-order valence-corrected chi connectivity index (χ3v) is 3.97. The lowest BCUT2D eigenvalue weighted by molar-refractivity contribution is -0.144. The highest BCUT2D eigenvalue weighted by molar-refractivity contribution is 5.89. The SMILES string of the molecule is CCOc1ccc(/C=C/C(=O)OCC(=O)N[C@](C)(C#N)C2CC2)cc1. The molecular formula is C19H22N2O4. The maximum absolute atomic E-state index is 11.9. The lowest BCUT2D eigenvalue weighted by atomic mass is 9.98. The lowest BCUT2D eigenvalue weighted by Gasteiger charge is -2.22. The Morgan fingerprint density at radius 1 is 1.36 bits per heavy atom. The van der Waals surface area contributed by atoms with Gasteiger partial charge in [-0.15, -0.1) is 0 Å². The van der Waals surface area contributed by atoms with Crippen LogP contribution in [0.2, 0.25) is 0 Å². The van der Waals surface area contributed by atoms with E-state index in [1.807, 2.05) is 31.2 Å². The first-order valence-electron chi connectivity index (χ1n) is 8.27. The molecule has 1 fully saturated rings. The zero-order valence-electron chi connectivity index (χ0n) is 14.5. The fourth-order valence-electron chi connectivity index (χ4n) is 2.40. The van der Waals surface area contributed by atoms with Gasteiger partial charge < -0.3 is 14.8 Å². The first kappa shape index (κ1) is 18.5. The van der Waals surface area contributed by atoms with E-state index in [-0.39, 0.29) is 5.92 Å². The summed E-state index contributed by atoms with van der Waals surface area (Å²) in [5.74, 6) is -0.153. The molecule has 1 aromatic carbocycles. The summed E-state index contributed by atoms with van der Waals surface area (Å²) in [6, 6.07) is 9.37. The van der Waals surface area contributed by atoms with Crippen molar-refractivity contribution in [1.29, 1.82) is 5.26 Å². The van der Waals surface area contributed by atoms with Crippen LogP contribution in [0.15, 0.2) is 30.3 Å². The maximum atomic E-state index is 11.9. The number of nitrogens with one attached hydrogen (secondary N) is 1. The molecule has 1 atom stereocenters. The molecule has 1 aromatic rings. The highest BCUT2D eigenvalue weighted by Crippen LogP contribution is 2.39. The Morgan fingerprint density at radius 2 is 2.04 bits per heavy atom. The Kier molecular flexibility index (Phi) is 6.18. The van der Waals surface area contributed by atoms with Crippen LogP contribution < -0.4 is 10.1 Å². The van der Waals surface area contributed by atoms with Gasteiger partial charge in [0.15, 0.2) is 6.61 Å². The summed E-state index contributed by atoms with van der Waals surface area (Å²) in [4.78, 5) is 23.5. The molecule has 6 nitrogen and oxygen atoms in total. The monoisotopic (exact) mass is 342 g/mol. The zero-order valence-corrected chi connectivity index (χ0v) is 14.5. The molecule has 132 valence electrons. The second kappa shape index (κ2) is 8.34. The second-order valence-electron chi connectivity index (χ2n) is 6.08. The van der Waals surface area contributed by atoms with Gasteiger partial charge in [0.05, 0.1) is 12.7 Å². The van der Waals surface area contributed by atoms with E-state index in [1.54, 1.807) is 13.0 Å². The van der Waals surface area contributed by atoms with Gasteiger partial charge in [-0.05, 0) is 56.4 Å². The number of carbonyl (C=O) groups excluding carboxylic acids is 2. The number of hydrogen-bond acceptors (Lipinski definition) is 5. The fraction of sp³-hybridized carbons (Fsp3) is 0.421. The van der Waals surface area contributed by atoms with Gasteiger partial charge >= 0.3 is 5.97 Å². The number of benzene rings is 1. The minimum absolute atomic E-state index is 0.178. The standard InChI is InChI=1S/C19H22N2O4/c1-3-24-16-9-4-14(5-10-16)6-11-18(23)25-12-17(22)21-19(2,13-20)15-7-8-15/h4-6,9-11,15H,3,7-8,12H2,1-2H3,(H,21,22)/b11-6+/t19-/m1/s1. The molecule has 0 unspecified atom stereocenters. The highest BCUT2D eigenvalue weighted by atomic mass is 16.5. The Balaban J connectivity index is 1.78. The van der Waals surface area contributed by atoms with Crippen molar-refractivity contribution >= 4 is 18.0 Å². The molecule has 2 rings (SSSR count). The molecule has 1 amide bonds. The first-order valence-corrected chi connectivity index (χ1v) is 8.27. The van der Waals surface area contributed by atoms with E-state index in [0.29, 0.717) is 6.61 Å². The maximum Gasteiger partial charge on any atom is 0.331 e. The van der Waals surface area contributed by atoms with Crippen LogP contribution in [0, 0.1) is 17.2 Å². The number of rotatable bonds is 8. The van der Waals surface area contributed by atoms with Gasteiger partial charge in [-0.2, -0.15) is 5.26 Å². The van der Waals surface area contributed by atoms with E-state index in [2.05, 4.69) is 11.4 Å². The Labute approximate surface area is 147 Å². The van der Waals surface area contributed by atoms with Gasteiger partial charge in [0.25, 0.3) is 5.91 Å². The zero-order chi connectivity index (χ0) is 18.3. The fourth-order valence-corrected chi connectivity index (χ4v) is 2.40. The molecule has 0 aromatic heterocycles. The predicted octanol–water partition coefficient (Wildman–Crippen LogP) is 2.45. The predicted molar refractivity (Wildman–Crippen MR) is 92.5 cm³/mol. The van der Waals surface area contributed by atoms with Crippen molar-refractivity contribution in [3.63, 3.8) is 0 Å². The summed E-state index contributed by atoms with van der Waals surface area (Å²) in [5, 5.41) is 11.8. The van der Waals surface area contributed by atoms with E-state index in [1.165, 1.54) is 6.08 Å². The van der Waals surface area contributed by atoms with Crippen molar-refractivity contribution < 1.29 is 19.1 Å². The van der Waals surface area contributed by atoms with Crippen LogP contribution >= 0.6 is 0 Å². The van der Waals surface area contributed by atoms with Crippen molar-refractivity contribution in [2.24, 2.45) is 5.92 Å². The number of amides is 1. The minimum atomic E-state index is -0.887. The molecule has 0 saturated heterocycles. The number of ether oxygens (including phenoxy) is 2. The third-order valence-electron chi connectivity index (χ3n) is 3.97. The van der Waals surface area contributed by atoms with Crippen molar-refractivity contribution in [3.8, 4) is 11.8 Å². The number of nitrogens with zero attached hydrogens (tertiary/aromatic N) is 1. The lowest BCUT2D eigenvalue weighted by Crippen LogP contribution is -2.48. The van der Waals surface area contributed by atoms with Crippen LogP contribution in [-0.2, 0) is 14.3 Å². The smallest absolute Gasteiger partial charge is 0.331 e. The van der Waals surface area contributed by atoms with Gasteiger partial charge in [-0.1, -0.05) is 12.1 Å². The molecule has 0 aliphatic heterocycles. The van der Waals surface area contributed by atoms with Gasteiger partial charge in [0.2, 0.25) is 0 Å². The molecule has 0 radical (unpaired) electrons. The minimum Gasteiger partial charge on any atom is -0.494 e. The van der Waals surface area contributed by atoms with Crippen LogP contribution in [0.3, 0.4) is 0 Å². The van der Waals surface area contributed by atoms with Crippen LogP contribution in [-0.4, -0.2) is 30.6 Å². The molecule has 1 N–H and O–H groups in total. The summed E-state index contributed by atoms with van der Waals surface area (Å²) >= 11 is 0. The van der Waals surface area contributed by atoms with E-state index in [9.17, 15) is 14.9 Å². The van der Waals surface area contributed by atoms with Crippen LogP contribution in [0.25, 0.3) is 6.08 Å². The van der Waals surface area contributed by atoms with E-state index in [0.717, 1.165) is 24.2 Å². The van der Waals surface area contributed by atoms with Crippen molar-refractivity contribution in [3.05, 3.63) is 35.9 Å². The van der Waals surface area contributed by atoms with E-state index < -0.39 is 24.0 Å². The second-order valence-corrected chi connectivity index (χ2v) is 6.08. The number of esters is 1. The van der Waals surface area contributed by atoms with E-state index in [4.69, 9.17) is 9.47 Å². The molecule has 6 heteroatoms. The third kappa shape index (κ3) is 5.64. The Hall–Kier alpha value is -2.81. The summed E-state index contributed by atoms with van der Waals surface area (Å²) in [7, 11) is 0. The highest BCUT2D eigenvalue weighted by Gasteiger charge is 2.43. The van der Waals surface area contributed by atoms with Crippen LogP contribution in [0.1, 0.15) is 32.3 Å². The Morgan fingerprint density at radius 3 is 2.60 bits per heavy atom. The average Bonchev–Trinajstić information content (AvgIpc) is 3.45. The van der Waals surface area contributed by atoms with Gasteiger partial charge in [0.1, 0.15) is 11.3 Å². The summed E-state index contributed by atoms with van der Waals surface area (Å²) in [6.45, 7) is 3.78. The Bertz CT molecular complexity index is 686. The van der Waals surface area contributed by atoms with Crippen LogP contribution in [0.4, 0.5) is 0 Å². The first-order chi connectivity index (χ1) is 12.0. The summed E-state index contributed by atoms with van der Waals surface area (Å²) in [5.41, 5.74) is -0.0719.